The summed E-state index contributed by atoms with van der Waals surface area (Å²) in [7, 11) is 0. The van der Waals surface area contributed by atoms with Gasteiger partial charge < -0.3 is 5.73 Å². The van der Waals surface area contributed by atoms with Gasteiger partial charge in [-0.05, 0) is 42.5 Å². The van der Waals surface area contributed by atoms with Gasteiger partial charge in [-0.15, -0.1) is 0 Å². The highest BCUT2D eigenvalue weighted by atomic mass is 14.7. The Morgan fingerprint density at radius 1 is 1.28 bits per heavy atom. The number of hydrogen-bond donors (Lipinski definition) is 1. The first-order valence-corrected chi connectivity index (χ1v) is 6.73. The average Bonchev–Trinajstić information content (AvgIpc) is 2.30. The van der Waals surface area contributed by atoms with Gasteiger partial charge in [0.1, 0.15) is 0 Å². The topological polar surface area (TPSA) is 38.9 Å². The van der Waals surface area contributed by atoms with Gasteiger partial charge in [-0.1, -0.05) is 33.3 Å². The molecule has 0 saturated heterocycles. The number of benzene rings is 1. The van der Waals surface area contributed by atoms with Gasteiger partial charge >= 0.3 is 0 Å². The molecule has 2 aromatic rings. The third-order valence-electron chi connectivity index (χ3n) is 3.44. The summed E-state index contributed by atoms with van der Waals surface area (Å²) in [5, 5.41) is 1.11. The molecule has 96 valence electrons. The first-order valence-electron chi connectivity index (χ1n) is 6.73. The Morgan fingerprint density at radius 3 is 2.61 bits per heavy atom. The molecular formula is C16H22N2. The molecule has 0 unspecified atom stereocenters. The lowest BCUT2D eigenvalue weighted by Gasteiger charge is -2.15. The van der Waals surface area contributed by atoms with Crippen LogP contribution in [-0.2, 0) is 6.42 Å². The fourth-order valence-electron chi connectivity index (χ4n) is 2.65. The standard InChI is InChI=1S/C16H22N2/c1-5-6-12-7-8-14-13(9-12)16(17)15(10(2)3)11(4)18-14/h7-10H,5-6H2,1-4H3,(H2,17,18). The van der Waals surface area contributed by atoms with E-state index in [-0.39, 0.29) is 0 Å². The highest BCUT2D eigenvalue weighted by Crippen LogP contribution is 2.31. The fraction of sp³-hybridized carbons (Fsp3) is 0.438. The molecule has 2 N–H and O–H groups in total. The van der Waals surface area contributed by atoms with E-state index in [0.717, 1.165) is 35.1 Å². The molecule has 0 bridgehead atoms. The van der Waals surface area contributed by atoms with Crippen LogP contribution in [0.25, 0.3) is 10.9 Å². The van der Waals surface area contributed by atoms with E-state index in [4.69, 9.17) is 5.73 Å². The number of pyridine rings is 1. The number of nitrogens with zero attached hydrogens (tertiary/aromatic N) is 1. The van der Waals surface area contributed by atoms with Crippen molar-refractivity contribution < 1.29 is 0 Å². The van der Waals surface area contributed by atoms with Crippen molar-refractivity contribution in [3.05, 3.63) is 35.0 Å². The van der Waals surface area contributed by atoms with Crippen molar-refractivity contribution in [3.8, 4) is 0 Å². The Kier molecular flexibility index (Phi) is 3.55. The molecule has 1 aromatic heterocycles. The van der Waals surface area contributed by atoms with Crippen LogP contribution in [0.15, 0.2) is 18.2 Å². The lowest BCUT2D eigenvalue weighted by atomic mass is 9.96. The van der Waals surface area contributed by atoms with Gasteiger partial charge in [0.25, 0.3) is 0 Å². The number of aromatic nitrogens is 1. The van der Waals surface area contributed by atoms with Crippen LogP contribution in [0.3, 0.4) is 0 Å². The van der Waals surface area contributed by atoms with Crippen molar-refractivity contribution in [1.29, 1.82) is 0 Å². The minimum atomic E-state index is 0.414. The van der Waals surface area contributed by atoms with E-state index in [2.05, 4.69) is 44.0 Å². The van der Waals surface area contributed by atoms with E-state index in [1.54, 1.807) is 0 Å². The van der Waals surface area contributed by atoms with Gasteiger partial charge in [-0.25, -0.2) is 0 Å². The summed E-state index contributed by atoms with van der Waals surface area (Å²) in [5.74, 6) is 0.414. The third kappa shape index (κ3) is 2.20. The van der Waals surface area contributed by atoms with E-state index in [0.29, 0.717) is 5.92 Å². The number of nitrogen functional groups attached to an aromatic ring is 1. The molecule has 0 aliphatic carbocycles. The molecule has 0 aliphatic heterocycles. The summed E-state index contributed by atoms with van der Waals surface area (Å²) < 4.78 is 0. The maximum absolute atomic E-state index is 6.35. The molecule has 1 heterocycles. The van der Waals surface area contributed by atoms with Crippen LogP contribution < -0.4 is 5.73 Å². The van der Waals surface area contributed by atoms with Gasteiger partial charge in [0.15, 0.2) is 0 Å². The lowest BCUT2D eigenvalue weighted by Crippen LogP contribution is -2.03. The predicted molar refractivity (Wildman–Crippen MR) is 79.0 cm³/mol. The monoisotopic (exact) mass is 242 g/mol. The minimum Gasteiger partial charge on any atom is -0.398 e. The number of aryl methyl sites for hydroxylation is 2. The zero-order valence-corrected chi connectivity index (χ0v) is 11.7. The summed E-state index contributed by atoms with van der Waals surface area (Å²) in [6.45, 7) is 8.58. The smallest absolute Gasteiger partial charge is 0.0726 e. The number of rotatable bonds is 3. The Balaban J connectivity index is 2.69. The summed E-state index contributed by atoms with van der Waals surface area (Å²) in [6.07, 6.45) is 2.25. The van der Waals surface area contributed by atoms with Crippen molar-refractivity contribution in [2.75, 3.05) is 5.73 Å². The number of hydrogen-bond acceptors (Lipinski definition) is 2. The van der Waals surface area contributed by atoms with E-state index >= 15 is 0 Å². The third-order valence-corrected chi connectivity index (χ3v) is 3.44. The van der Waals surface area contributed by atoms with E-state index < -0.39 is 0 Å². The first-order chi connectivity index (χ1) is 8.54. The molecule has 0 radical (unpaired) electrons. The van der Waals surface area contributed by atoms with Crippen molar-refractivity contribution in [1.82, 2.24) is 4.98 Å². The van der Waals surface area contributed by atoms with Crippen molar-refractivity contribution in [3.63, 3.8) is 0 Å². The maximum Gasteiger partial charge on any atom is 0.0726 e. The number of fused-ring (bicyclic) bond motifs is 1. The molecule has 0 saturated carbocycles. The van der Waals surface area contributed by atoms with E-state index in [1.807, 2.05) is 6.92 Å². The fourth-order valence-corrected chi connectivity index (χ4v) is 2.65. The Bertz CT molecular complexity index is 571. The lowest BCUT2D eigenvalue weighted by molar-refractivity contribution is 0.851. The predicted octanol–water partition coefficient (Wildman–Crippen LogP) is 4.20. The van der Waals surface area contributed by atoms with Crippen LogP contribution in [-0.4, -0.2) is 4.98 Å². The summed E-state index contributed by atoms with van der Waals surface area (Å²) in [5.41, 5.74) is 11.9. The molecule has 2 nitrogen and oxygen atoms in total. The summed E-state index contributed by atoms with van der Waals surface area (Å²) in [4.78, 5) is 4.68. The van der Waals surface area contributed by atoms with Crippen molar-refractivity contribution in [2.24, 2.45) is 0 Å². The molecule has 0 amide bonds. The highest BCUT2D eigenvalue weighted by Gasteiger charge is 2.13. The molecule has 2 heteroatoms. The summed E-state index contributed by atoms with van der Waals surface area (Å²) in [6, 6.07) is 6.45. The second-order valence-electron chi connectivity index (χ2n) is 5.28. The Hall–Kier alpha value is -1.57. The van der Waals surface area contributed by atoms with Crippen LogP contribution in [0.1, 0.15) is 49.9 Å². The second-order valence-corrected chi connectivity index (χ2v) is 5.28. The maximum atomic E-state index is 6.35. The van der Waals surface area contributed by atoms with Crippen LogP contribution in [0.5, 0.6) is 0 Å². The SMILES string of the molecule is CCCc1ccc2nc(C)c(C(C)C)c(N)c2c1. The van der Waals surface area contributed by atoms with Crippen LogP contribution in [0.2, 0.25) is 0 Å². The number of nitrogens with two attached hydrogens (primary N) is 1. The number of anilines is 1. The van der Waals surface area contributed by atoms with Crippen molar-refractivity contribution in [2.45, 2.75) is 46.5 Å². The van der Waals surface area contributed by atoms with Gasteiger partial charge in [0.05, 0.1) is 5.52 Å². The Labute approximate surface area is 109 Å². The minimum absolute atomic E-state index is 0.414. The molecular weight excluding hydrogens is 220 g/mol. The van der Waals surface area contributed by atoms with Crippen LogP contribution in [0.4, 0.5) is 5.69 Å². The molecule has 1 aromatic carbocycles. The van der Waals surface area contributed by atoms with Gasteiger partial charge in [-0.3, -0.25) is 4.98 Å². The molecule has 0 fully saturated rings. The highest BCUT2D eigenvalue weighted by molar-refractivity contribution is 5.92. The van der Waals surface area contributed by atoms with Gasteiger partial charge in [-0.2, -0.15) is 0 Å². The second kappa shape index (κ2) is 4.97. The van der Waals surface area contributed by atoms with E-state index in [9.17, 15) is 0 Å². The average molecular weight is 242 g/mol. The largest absolute Gasteiger partial charge is 0.398 e. The molecule has 18 heavy (non-hydrogen) atoms. The zero-order chi connectivity index (χ0) is 13.3. The van der Waals surface area contributed by atoms with Crippen LogP contribution in [0, 0.1) is 6.92 Å². The van der Waals surface area contributed by atoms with Crippen molar-refractivity contribution >= 4 is 16.6 Å². The first kappa shape index (κ1) is 12.9. The quantitative estimate of drug-likeness (QED) is 0.876. The van der Waals surface area contributed by atoms with E-state index in [1.165, 1.54) is 11.1 Å². The molecule has 0 aliphatic rings. The molecule has 2 rings (SSSR count). The van der Waals surface area contributed by atoms with Gasteiger partial charge in [0.2, 0.25) is 0 Å². The normalized spacial score (nSPS) is 11.4. The Morgan fingerprint density at radius 2 is 2.00 bits per heavy atom. The zero-order valence-electron chi connectivity index (χ0n) is 11.7. The summed E-state index contributed by atoms with van der Waals surface area (Å²) >= 11 is 0. The molecule has 0 spiro atoms. The van der Waals surface area contributed by atoms with Crippen LogP contribution >= 0.6 is 0 Å². The van der Waals surface area contributed by atoms with Gasteiger partial charge in [0, 0.05) is 16.8 Å². The molecule has 0 atom stereocenters.